The summed E-state index contributed by atoms with van der Waals surface area (Å²) in [7, 11) is -4.99. The molecule has 118 valence electrons. The minimum atomic E-state index is -3.95. The summed E-state index contributed by atoms with van der Waals surface area (Å²) in [6.45, 7) is 1.82. The average molecular weight is 335 g/mol. The van der Waals surface area contributed by atoms with E-state index in [2.05, 4.69) is 4.72 Å². The molecular formula is C11H17N3O5S2. The van der Waals surface area contributed by atoms with E-state index >= 15 is 0 Å². The van der Waals surface area contributed by atoms with Crippen molar-refractivity contribution in [2.24, 2.45) is 0 Å². The minimum Gasteiger partial charge on any atom is -0.398 e. The lowest BCUT2D eigenvalue weighted by Gasteiger charge is -2.11. The van der Waals surface area contributed by atoms with E-state index < -0.39 is 25.7 Å². The van der Waals surface area contributed by atoms with Crippen molar-refractivity contribution in [3.05, 3.63) is 28.3 Å². The van der Waals surface area contributed by atoms with E-state index in [1.165, 1.54) is 12.3 Å². The first-order valence-corrected chi connectivity index (χ1v) is 9.11. The fraction of sp³-hybridized carbons (Fsp3) is 0.455. The molecule has 8 nitrogen and oxygen atoms in total. The van der Waals surface area contributed by atoms with Crippen molar-refractivity contribution in [3.8, 4) is 0 Å². The fourth-order valence-corrected chi connectivity index (χ4v) is 3.16. The van der Waals surface area contributed by atoms with Gasteiger partial charge >= 0.3 is 0 Å². The summed E-state index contributed by atoms with van der Waals surface area (Å²) in [5, 5.41) is 10.5. The fourth-order valence-electron chi connectivity index (χ4n) is 1.51. The molecule has 2 unspecified atom stereocenters. The number of nitrogens with zero attached hydrogens (tertiary/aromatic N) is 1. The largest absolute Gasteiger partial charge is 0.398 e. The molecule has 0 saturated carbocycles. The highest BCUT2D eigenvalue weighted by Gasteiger charge is 2.21. The smallest absolute Gasteiger partial charge is 0.270 e. The molecule has 0 aliphatic heterocycles. The van der Waals surface area contributed by atoms with Gasteiger partial charge in [0.25, 0.3) is 5.69 Å². The van der Waals surface area contributed by atoms with Gasteiger partial charge in [-0.2, -0.15) is 0 Å². The van der Waals surface area contributed by atoms with Crippen LogP contribution in [0.3, 0.4) is 0 Å². The molecule has 1 aromatic rings. The maximum absolute atomic E-state index is 12.1. The molecule has 21 heavy (non-hydrogen) atoms. The zero-order valence-corrected chi connectivity index (χ0v) is 13.2. The average Bonchev–Trinajstić information content (AvgIpc) is 2.38. The first kappa shape index (κ1) is 17.5. The lowest BCUT2D eigenvalue weighted by atomic mass is 10.3. The molecule has 3 N–H and O–H groups in total. The second-order valence-electron chi connectivity index (χ2n) is 4.47. The van der Waals surface area contributed by atoms with E-state index in [-0.39, 0.29) is 28.1 Å². The maximum atomic E-state index is 12.1. The van der Waals surface area contributed by atoms with Gasteiger partial charge in [-0.1, -0.05) is 6.92 Å². The lowest BCUT2D eigenvalue weighted by molar-refractivity contribution is -0.385. The number of hydrogen-bond acceptors (Lipinski definition) is 6. The molecule has 0 aromatic heterocycles. The normalized spacial score (nSPS) is 14.6. The van der Waals surface area contributed by atoms with Gasteiger partial charge in [0.15, 0.2) is 0 Å². The van der Waals surface area contributed by atoms with E-state index in [4.69, 9.17) is 5.73 Å². The number of non-ortho nitro benzene ring substituents is 1. The Labute approximate surface area is 125 Å². The van der Waals surface area contributed by atoms with Crippen LogP contribution in [0.2, 0.25) is 0 Å². The Morgan fingerprint density at radius 1 is 1.48 bits per heavy atom. The first-order valence-electron chi connectivity index (χ1n) is 6.01. The number of nitrogens with one attached hydrogen (secondary N) is 1. The number of nitrogens with two attached hydrogens (primary N) is 1. The van der Waals surface area contributed by atoms with Crippen LogP contribution in [0.25, 0.3) is 0 Å². The van der Waals surface area contributed by atoms with Gasteiger partial charge in [-0.25, -0.2) is 13.1 Å². The predicted octanol–water partition coefficient (Wildman–Crippen LogP) is 0.612. The van der Waals surface area contributed by atoms with E-state index in [1.54, 1.807) is 6.92 Å². The van der Waals surface area contributed by atoms with E-state index in [9.17, 15) is 22.7 Å². The quantitative estimate of drug-likeness (QED) is 0.426. The Morgan fingerprint density at radius 2 is 2.10 bits per heavy atom. The first-order chi connectivity index (χ1) is 9.65. The van der Waals surface area contributed by atoms with Crippen molar-refractivity contribution in [2.45, 2.75) is 23.5 Å². The summed E-state index contributed by atoms with van der Waals surface area (Å²) >= 11 is 0. The van der Waals surface area contributed by atoms with Gasteiger partial charge in [0.05, 0.1) is 10.6 Å². The van der Waals surface area contributed by atoms with Crippen LogP contribution in [0.5, 0.6) is 0 Å². The highest BCUT2D eigenvalue weighted by atomic mass is 32.2. The van der Waals surface area contributed by atoms with Gasteiger partial charge in [-0.05, 0) is 12.5 Å². The summed E-state index contributed by atoms with van der Waals surface area (Å²) in [5.41, 5.74) is 5.14. The summed E-state index contributed by atoms with van der Waals surface area (Å²) in [4.78, 5) is 9.66. The van der Waals surface area contributed by atoms with Crippen LogP contribution in [0.1, 0.15) is 13.3 Å². The summed E-state index contributed by atoms with van der Waals surface area (Å²) in [6.07, 6.45) is 1.93. The highest BCUT2D eigenvalue weighted by Crippen LogP contribution is 2.23. The number of nitro groups is 1. The van der Waals surface area contributed by atoms with Crippen LogP contribution >= 0.6 is 0 Å². The molecular weight excluding hydrogens is 318 g/mol. The van der Waals surface area contributed by atoms with Crippen molar-refractivity contribution >= 4 is 32.2 Å². The number of anilines is 1. The number of sulfonamides is 1. The molecule has 1 aromatic carbocycles. The maximum Gasteiger partial charge on any atom is 0.270 e. The molecule has 1 rings (SSSR count). The van der Waals surface area contributed by atoms with Gasteiger partial charge in [0, 0.05) is 41.0 Å². The molecule has 0 fully saturated rings. The third kappa shape index (κ3) is 4.76. The van der Waals surface area contributed by atoms with Crippen LogP contribution < -0.4 is 10.5 Å². The SMILES string of the molecule is CC(CCNS(=O)(=O)c1cc([N+](=O)[O-])ccc1N)S(C)=O. The number of rotatable bonds is 7. The van der Waals surface area contributed by atoms with Gasteiger partial charge in [0.1, 0.15) is 4.90 Å². The molecule has 0 heterocycles. The Balaban J connectivity index is 2.90. The van der Waals surface area contributed by atoms with E-state index in [1.807, 2.05) is 0 Å². The van der Waals surface area contributed by atoms with E-state index in [0.717, 1.165) is 12.1 Å². The topological polar surface area (TPSA) is 132 Å². The van der Waals surface area contributed by atoms with Crippen LogP contribution in [0.15, 0.2) is 23.1 Å². The summed E-state index contributed by atoms with van der Waals surface area (Å²) in [6, 6.07) is 3.23. The van der Waals surface area contributed by atoms with Crippen LogP contribution in [-0.2, 0) is 20.8 Å². The van der Waals surface area contributed by atoms with E-state index in [0.29, 0.717) is 6.42 Å². The predicted molar refractivity (Wildman–Crippen MR) is 80.8 cm³/mol. The Hall–Kier alpha value is -1.52. The zero-order chi connectivity index (χ0) is 16.2. The van der Waals surface area contributed by atoms with Crippen LogP contribution in [0, 0.1) is 10.1 Å². The van der Waals surface area contributed by atoms with Crippen LogP contribution in [0.4, 0.5) is 11.4 Å². The third-order valence-electron chi connectivity index (χ3n) is 2.91. The molecule has 0 radical (unpaired) electrons. The molecule has 0 saturated heterocycles. The molecule has 0 spiro atoms. The van der Waals surface area contributed by atoms with Crippen molar-refractivity contribution in [1.82, 2.24) is 4.72 Å². The molecule has 0 amide bonds. The molecule has 0 bridgehead atoms. The molecule has 2 atom stereocenters. The lowest BCUT2D eigenvalue weighted by Crippen LogP contribution is -2.28. The van der Waals surface area contributed by atoms with Gasteiger partial charge in [-0.15, -0.1) is 0 Å². The molecule has 10 heteroatoms. The molecule has 0 aliphatic rings. The van der Waals surface area contributed by atoms with Gasteiger partial charge < -0.3 is 5.73 Å². The Morgan fingerprint density at radius 3 is 2.62 bits per heavy atom. The third-order valence-corrected chi connectivity index (χ3v) is 5.79. The molecule has 0 aliphatic carbocycles. The highest BCUT2D eigenvalue weighted by molar-refractivity contribution is 7.89. The monoisotopic (exact) mass is 335 g/mol. The summed E-state index contributed by atoms with van der Waals surface area (Å²) < 4.78 is 37.7. The van der Waals surface area contributed by atoms with Gasteiger partial charge in [0.2, 0.25) is 10.0 Å². The number of nitro benzene ring substituents is 1. The zero-order valence-electron chi connectivity index (χ0n) is 11.6. The Kier molecular flexibility index (Phi) is 5.81. The second-order valence-corrected chi connectivity index (χ2v) is 8.01. The number of benzene rings is 1. The minimum absolute atomic E-state index is 0.0692. The van der Waals surface area contributed by atoms with Gasteiger partial charge in [-0.3, -0.25) is 14.3 Å². The second kappa shape index (κ2) is 6.96. The van der Waals surface area contributed by atoms with Crippen molar-refractivity contribution < 1.29 is 17.6 Å². The van der Waals surface area contributed by atoms with Crippen LogP contribution in [-0.4, -0.2) is 35.6 Å². The number of hydrogen-bond donors (Lipinski definition) is 2. The standard InChI is InChI=1S/C11H17N3O5S2/c1-8(20(2)17)5-6-13-21(18,19)11-7-9(14(15)16)3-4-10(11)12/h3-4,7-8,13H,5-6,12H2,1-2H3. The summed E-state index contributed by atoms with van der Waals surface area (Å²) in [5.74, 6) is 0. The van der Waals surface area contributed by atoms with Crippen molar-refractivity contribution in [3.63, 3.8) is 0 Å². The number of nitrogen functional groups attached to an aromatic ring is 1. The van der Waals surface area contributed by atoms with Crippen molar-refractivity contribution in [1.29, 1.82) is 0 Å². The Bertz CT molecular complexity index is 660. The van der Waals surface area contributed by atoms with Crippen molar-refractivity contribution in [2.75, 3.05) is 18.5 Å².